The summed E-state index contributed by atoms with van der Waals surface area (Å²) in [5.74, 6) is 0.340. The predicted octanol–water partition coefficient (Wildman–Crippen LogP) is 11.7. The Labute approximate surface area is 311 Å². The number of aryl methyl sites for hydroxylation is 1. The molecule has 0 amide bonds. The summed E-state index contributed by atoms with van der Waals surface area (Å²) in [7, 11) is 2.32. The van der Waals surface area contributed by atoms with Gasteiger partial charge in [-0.15, -0.1) is 0 Å². The highest BCUT2D eigenvalue weighted by atomic mass is 15.0. The molecule has 2 heterocycles. The number of hydrogen-bond donors (Lipinski definition) is 0. The first kappa shape index (κ1) is 31.4. The highest BCUT2D eigenvalue weighted by Crippen LogP contribution is 2.44. The van der Waals surface area contributed by atoms with Crippen LogP contribution in [-0.2, 0) is 0 Å². The zero-order valence-electron chi connectivity index (χ0n) is 30.3. The smallest absolute Gasteiger partial charge is 0.142 e. The minimum absolute atomic E-state index is 0.340. The van der Waals surface area contributed by atoms with Crippen molar-refractivity contribution in [3.8, 4) is 33.6 Å². The summed E-state index contributed by atoms with van der Waals surface area (Å²) in [4.78, 5) is 0. The Balaban J connectivity index is 1.22. The molecule has 1 aliphatic carbocycles. The van der Waals surface area contributed by atoms with Gasteiger partial charge in [-0.05, 0) is 108 Å². The molecule has 1 atom stereocenters. The fourth-order valence-electron chi connectivity index (χ4n) is 9.10. The van der Waals surface area contributed by atoms with Crippen LogP contribution in [0.4, 0.5) is 0 Å². The lowest BCUT2D eigenvalue weighted by molar-refractivity contribution is 0.862. The molecule has 0 spiro atoms. The van der Waals surface area contributed by atoms with E-state index in [4.69, 9.17) is 0 Å². The number of benzene rings is 7. The summed E-state index contributed by atoms with van der Waals surface area (Å²) in [5.41, 5.74) is 17.8. The Morgan fingerprint density at radius 1 is 0.528 bits per heavy atom. The van der Waals surface area contributed by atoms with Crippen molar-refractivity contribution in [1.29, 1.82) is 0 Å². The van der Waals surface area contributed by atoms with E-state index < -0.39 is 0 Å². The van der Waals surface area contributed by atoms with E-state index in [0.29, 0.717) is 5.92 Å². The minimum atomic E-state index is 0.340. The lowest BCUT2D eigenvalue weighted by Gasteiger charge is -2.19. The quantitative estimate of drug-likeness (QED) is 0.160. The Morgan fingerprint density at radius 2 is 1.19 bits per heavy atom. The monoisotopic (exact) mass is 678 g/mol. The van der Waals surface area contributed by atoms with E-state index >= 15 is 0 Å². The minimum Gasteiger partial charge on any atom is -0.310 e. The molecule has 7 aromatic carbocycles. The molecule has 2 aromatic heterocycles. The van der Waals surface area contributed by atoms with Crippen LogP contribution in [0.3, 0.4) is 0 Å². The second kappa shape index (κ2) is 12.4. The molecule has 3 heteroatoms. The Morgan fingerprint density at radius 3 is 1.96 bits per heavy atom. The van der Waals surface area contributed by atoms with E-state index in [9.17, 15) is 0 Å². The molecule has 0 bridgehead atoms. The van der Waals surface area contributed by atoms with E-state index in [-0.39, 0.29) is 0 Å². The third kappa shape index (κ3) is 4.88. The summed E-state index contributed by atoms with van der Waals surface area (Å²) in [6, 6.07) is 53.4. The Bertz CT molecular complexity index is 2920. The van der Waals surface area contributed by atoms with Crippen LogP contribution in [-0.4, -0.2) is 17.0 Å². The average molecular weight is 679 g/mol. The number of rotatable bonds is 5. The van der Waals surface area contributed by atoms with E-state index in [1.165, 1.54) is 99.4 Å². The van der Waals surface area contributed by atoms with Gasteiger partial charge in [-0.1, -0.05) is 127 Å². The molecule has 1 unspecified atom stereocenters. The number of hydrogen-bond acceptors (Lipinski definition) is 0. The number of fused-ring (bicyclic) bond motifs is 6. The number of allylic oxidation sites excluding steroid dienone is 4. The number of aromatic nitrogens is 2. The zero-order chi connectivity index (χ0) is 35.6. The van der Waals surface area contributed by atoms with Crippen LogP contribution in [0.1, 0.15) is 29.0 Å². The molecule has 0 saturated carbocycles. The fraction of sp³-hybridized carbons (Fsp3) is 0.0800. The Hall–Kier alpha value is -6.32. The summed E-state index contributed by atoms with van der Waals surface area (Å²) >= 11 is 0. The van der Waals surface area contributed by atoms with Crippen molar-refractivity contribution in [2.24, 2.45) is 0 Å². The van der Waals surface area contributed by atoms with Gasteiger partial charge in [-0.25, -0.2) is 0 Å². The summed E-state index contributed by atoms with van der Waals surface area (Å²) in [6.07, 6.45) is 10.1. The van der Waals surface area contributed by atoms with Crippen LogP contribution >= 0.6 is 0 Å². The zero-order valence-corrected chi connectivity index (χ0v) is 30.3. The van der Waals surface area contributed by atoms with Gasteiger partial charge in [0.15, 0.2) is 0 Å². The van der Waals surface area contributed by atoms with Gasteiger partial charge in [0.25, 0.3) is 0 Å². The van der Waals surface area contributed by atoms with Crippen molar-refractivity contribution in [3.05, 3.63) is 187 Å². The second-order valence-corrected chi connectivity index (χ2v) is 14.5. The largest absolute Gasteiger partial charge is 0.310 e. The normalized spacial score (nSPS) is 14.3. The van der Waals surface area contributed by atoms with E-state index in [1.54, 1.807) is 0 Å². The maximum atomic E-state index is 2.51. The highest BCUT2D eigenvalue weighted by molar-refractivity contribution is 6.42. The molecular formula is C50H39BN2. The molecule has 9 aromatic rings. The van der Waals surface area contributed by atoms with E-state index in [2.05, 4.69) is 201 Å². The average Bonchev–Trinajstić information content (AvgIpc) is 3.75. The first-order valence-corrected chi connectivity index (χ1v) is 18.7. The lowest BCUT2D eigenvalue weighted by atomic mass is 9.80. The van der Waals surface area contributed by atoms with Crippen LogP contribution in [0.15, 0.2) is 170 Å². The van der Waals surface area contributed by atoms with Gasteiger partial charge >= 0.3 is 0 Å². The summed E-state index contributed by atoms with van der Waals surface area (Å²) in [5, 5.41) is 5.27. The molecule has 0 saturated heterocycles. The first-order chi connectivity index (χ1) is 26.1. The SMILES string of the molecule is Bc1c(C)c(-c2ccc3c(c2)c2ccccc2n3-c2ccc(-c3ccccc3)cc2)c(C)c2c3c(C4C=CC=CC4)cccc3n(-c3ccccc3)c12. The Kier molecular flexibility index (Phi) is 7.37. The van der Waals surface area contributed by atoms with Crippen molar-refractivity contribution < 1.29 is 0 Å². The maximum absolute atomic E-state index is 2.51. The van der Waals surface area contributed by atoms with Gasteiger partial charge in [0.2, 0.25) is 0 Å². The third-order valence-electron chi connectivity index (χ3n) is 11.7. The lowest BCUT2D eigenvalue weighted by Crippen LogP contribution is -2.15. The molecule has 252 valence electrons. The van der Waals surface area contributed by atoms with Gasteiger partial charge in [0.1, 0.15) is 7.85 Å². The predicted molar refractivity (Wildman–Crippen MR) is 229 cm³/mol. The molecular weight excluding hydrogens is 639 g/mol. The number of nitrogens with zero attached hydrogens (tertiary/aromatic N) is 2. The molecule has 0 N–H and O–H groups in total. The van der Waals surface area contributed by atoms with Crippen molar-refractivity contribution in [1.82, 2.24) is 9.13 Å². The summed E-state index contributed by atoms with van der Waals surface area (Å²) < 4.78 is 4.93. The van der Waals surface area contributed by atoms with E-state index in [1.807, 2.05) is 0 Å². The maximum Gasteiger partial charge on any atom is 0.142 e. The second-order valence-electron chi connectivity index (χ2n) is 14.5. The van der Waals surface area contributed by atoms with Crippen molar-refractivity contribution in [3.63, 3.8) is 0 Å². The fourth-order valence-corrected chi connectivity index (χ4v) is 9.10. The van der Waals surface area contributed by atoms with Gasteiger partial charge in [-0.2, -0.15) is 0 Å². The summed E-state index contributed by atoms with van der Waals surface area (Å²) in [6.45, 7) is 4.68. The van der Waals surface area contributed by atoms with Crippen LogP contribution in [0, 0.1) is 13.8 Å². The van der Waals surface area contributed by atoms with Gasteiger partial charge in [0.05, 0.1) is 16.6 Å². The molecule has 1 aliphatic rings. The molecule has 0 aliphatic heterocycles. The first-order valence-electron chi connectivity index (χ1n) is 18.7. The van der Waals surface area contributed by atoms with Gasteiger partial charge in [-0.3, -0.25) is 0 Å². The highest BCUT2D eigenvalue weighted by Gasteiger charge is 2.25. The molecule has 0 fully saturated rings. The molecule has 10 rings (SSSR count). The van der Waals surface area contributed by atoms with Crippen molar-refractivity contribution >= 4 is 56.9 Å². The molecule has 2 nitrogen and oxygen atoms in total. The van der Waals surface area contributed by atoms with Gasteiger partial charge < -0.3 is 9.13 Å². The third-order valence-corrected chi connectivity index (χ3v) is 11.7. The molecule has 0 radical (unpaired) electrons. The standard InChI is InChI=1S/C50H39BN2/c1-32-46(33(2)49(51)50-47(32)48-40(36-17-8-4-9-18-36)22-14-24-45(48)53(50)38-19-10-5-11-20-38)37-27-30-44-42(31-37)41-21-12-13-23-43(41)52(44)39-28-25-35(26-29-39)34-15-6-3-7-16-34/h3-17,19-31,36H,18,51H2,1-2H3. The van der Waals surface area contributed by atoms with Gasteiger partial charge in [0, 0.05) is 44.4 Å². The van der Waals surface area contributed by atoms with Crippen LogP contribution in [0.25, 0.3) is 77.2 Å². The number of para-hydroxylation sites is 2. The topological polar surface area (TPSA) is 9.86 Å². The van der Waals surface area contributed by atoms with Crippen LogP contribution < -0.4 is 5.46 Å². The van der Waals surface area contributed by atoms with Crippen molar-refractivity contribution in [2.45, 2.75) is 26.2 Å². The van der Waals surface area contributed by atoms with Crippen molar-refractivity contribution in [2.75, 3.05) is 0 Å². The molecule has 53 heavy (non-hydrogen) atoms. The van der Waals surface area contributed by atoms with E-state index in [0.717, 1.165) is 6.42 Å². The van der Waals surface area contributed by atoms with Crippen LogP contribution in [0.5, 0.6) is 0 Å². The van der Waals surface area contributed by atoms with Crippen LogP contribution in [0.2, 0.25) is 0 Å².